The number of aryl methyl sites for hydroxylation is 1. The lowest BCUT2D eigenvalue weighted by Crippen LogP contribution is -2.18. The van der Waals surface area contributed by atoms with Crippen LogP contribution in [0.5, 0.6) is 0 Å². The summed E-state index contributed by atoms with van der Waals surface area (Å²) in [6, 6.07) is 18.0. The molecular weight excluding hydrogens is 294 g/mol. The smallest absolute Gasteiger partial charge is 0.0953 e. The molecule has 0 bridgehead atoms. The van der Waals surface area contributed by atoms with E-state index in [1.165, 1.54) is 40.9 Å². The minimum atomic E-state index is 0.390. The lowest BCUT2D eigenvalue weighted by Gasteiger charge is -2.28. The van der Waals surface area contributed by atoms with Gasteiger partial charge in [0.2, 0.25) is 0 Å². The highest BCUT2D eigenvalue weighted by atomic mass is 15.1. The average molecular weight is 317 g/mol. The summed E-state index contributed by atoms with van der Waals surface area (Å²) in [5.41, 5.74) is 6.58. The van der Waals surface area contributed by atoms with Gasteiger partial charge in [0, 0.05) is 31.7 Å². The molecule has 0 spiro atoms. The number of hydrogen-bond acceptors (Lipinski definition) is 2. The van der Waals surface area contributed by atoms with E-state index in [0.29, 0.717) is 6.04 Å². The van der Waals surface area contributed by atoms with Crippen molar-refractivity contribution in [2.75, 3.05) is 19.0 Å². The summed E-state index contributed by atoms with van der Waals surface area (Å²) >= 11 is 0. The molecule has 0 fully saturated rings. The number of rotatable bonds is 3. The van der Waals surface area contributed by atoms with Crippen LogP contribution in [0.3, 0.4) is 0 Å². The van der Waals surface area contributed by atoms with Crippen molar-refractivity contribution in [2.45, 2.75) is 25.3 Å². The van der Waals surface area contributed by atoms with Crippen LogP contribution < -0.4 is 4.90 Å². The third-order valence-corrected chi connectivity index (χ3v) is 5.01. The van der Waals surface area contributed by atoms with Gasteiger partial charge in [0.25, 0.3) is 0 Å². The van der Waals surface area contributed by atoms with E-state index in [0.717, 1.165) is 6.42 Å². The largest absolute Gasteiger partial charge is 0.378 e. The van der Waals surface area contributed by atoms with Crippen molar-refractivity contribution in [1.82, 2.24) is 9.55 Å². The molecule has 1 aliphatic heterocycles. The fourth-order valence-electron chi connectivity index (χ4n) is 3.72. The van der Waals surface area contributed by atoms with E-state index in [9.17, 15) is 0 Å². The fourth-order valence-corrected chi connectivity index (χ4v) is 3.72. The highest BCUT2D eigenvalue weighted by Crippen LogP contribution is 2.36. The van der Waals surface area contributed by atoms with Crippen LogP contribution in [0.15, 0.2) is 61.1 Å². The molecule has 0 saturated carbocycles. The average Bonchev–Trinajstić information content (AvgIpc) is 3.10. The number of anilines is 1. The van der Waals surface area contributed by atoms with Crippen LogP contribution in [0.25, 0.3) is 11.1 Å². The summed E-state index contributed by atoms with van der Waals surface area (Å²) in [5, 5.41) is 0. The van der Waals surface area contributed by atoms with Gasteiger partial charge in [0.05, 0.1) is 12.4 Å². The predicted molar refractivity (Wildman–Crippen MR) is 99.5 cm³/mol. The van der Waals surface area contributed by atoms with Crippen molar-refractivity contribution in [3.63, 3.8) is 0 Å². The molecule has 3 aromatic rings. The molecule has 3 nitrogen and oxygen atoms in total. The van der Waals surface area contributed by atoms with Crippen molar-refractivity contribution in [2.24, 2.45) is 0 Å². The molecule has 0 saturated heterocycles. The predicted octanol–water partition coefficient (Wildman–Crippen LogP) is 4.54. The summed E-state index contributed by atoms with van der Waals surface area (Å²) in [6.45, 7) is 0. The van der Waals surface area contributed by atoms with Gasteiger partial charge in [-0.05, 0) is 48.1 Å². The lowest BCUT2D eigenvalue weighted by molar-refractivity contribution is 0.458. The number of benzene rings is 2. The van der Waals surface area contributed by atoms with E-state index < -0.39 is 0 Å². The second kappa shape index (κ2) is 6.16. The first-order chi connectivity index (χ1) is 11.7. The molecule has 2 heterocycles. The maximum absolute atomic E-state index is 4.37. The summed E-state index contributed by atoms with van der Waals surface area (Å²) in [5.74, 6) is 0. The molecule has 0 N–H and O–H groups in total. The van der Waals surface area contributed by atoms with Gasteiger partial charge < -0.3 is 9.47 Å². The highest BCUT2D eigenvalue weighted by Gasteiger charge is 2.23. The van der Waals surface area contributed by atoms with E-state index in [2.05, 4.69) is 77.1 Å². The summed E-state index contributed by atoms with van der Waals surface area (Å²) in [4.78, 5) is 6.50. The quantitative estimate of drug-likeness (QED) is 0.707. The Kier molecular flexibility index (Phi) is 3.85. The minimum Gasteiger partial charge on any atom is -0.378 e. The molecule has 0 aliphatic carbocycles. The van der Waals surface area contributed by atoms with Crippen molar-refractivity contribution in [1.29, 1.82) is 0 Å². The number of aromatic nitrogens is 2. The molecule has 1 aliphatic rings. The van der Waals surface area contributed by atoms with E-state index in [1.54, 1.807) is 0 Å². The standard InChI is InChI=1S/C21H23N3/c1-23(2)17-12-10-16(11-13-17)19-7-3-4-8-20(19)21-9-5-6-18-14-22-15-24(18)21/h3-4,7-8,10-15,21H,5-6,9H2,1-2H3. The zero-order chi connectivity index (χ0) is 16.5. The molecular formula is C21H23N3. The monoisotopic (exact) mass is 317 g/mol. The molecule has 0 radical (unpaired) electrons. The van der Waals surface area contributed by atoms with Gasteiger partial charge in [-0.3, -0.25) is 0 Å². The van der Waals surface area contributed by atoms with Crippen LogP contribution in [-0.4, -0.2) is 23.6 Å². The maximum atomic E-state index is 4.37. The Bertz CT molecular complexity index is 830. The van der Waals surface area contributed by atoms with Gasteiger partial charge in [0.1, 0.15) is 0 Å². The van der Waals surface area contributed by atoms with Crippen LogP contribution in [0.2, 0.25) is 0 Å². The van der Waals surface area contributed by atoms with E-state index >= 15 is 0 Å². The minimum absolute atomic E-state index is 0.390. The zero-order valence-electron chi connectivity index (χ0n) is 14.3. The SMILES string of the molecule is CN(C)c1ccc(-c2ccccc2C2CCCc3cncn32)cc1. The number of hydrogen-bond donors (Lipinski definition) is 0. The van der Waals surface area contributed by atoms with Gasteiger partial charge in [-0.25, -0.2) is 4.98 Å². The lowest BCUT2D eigenvalue weighted by atomic mass is 9.90. The normalized spacial score (nSPS) is 16.7. The van der Waals surface area contributed by atoms with Crippen molar-refractivity contribution >= 4 is 5.69 Å². The van der Waals surface area contributed by atoms with E-state index in [1.807, 2.05) is 12.5 Å². The molecule has 3 heteroatoms. The van der Waals surface area contributed by atoms with Gasteiger partial charge in [-0.2, -0.15) is 0 Å². The van der Waals surface area contributed by atoms with Crippen molar-refractivity contribution < 1.29 is 0 Å². The topological polar surface area (TPSA) is 21.1 Å². The third-order valence-electron chi connectivity index (χ3n) is 5.01. The zero-order valence-corrected chi connectivity index (χ0v) is 14.3. The Hall–Kier alpha value is -2.55. The Morgan fingerprint density at radius 3 is 2.62 bits per heavy atom. The van der Waals surface area contributed by atoms with Gasteiger partial charge in [0.15, 0.2) is 0 Å². The molecule has 2 aromatic carbocycles. The van der Waals surface area contributed by atoms with Crippen LogP contribution in [-0.2, 0) is 6.42 Å². The van der Waals surface area contributed by atoms with Crippen molar-refractivity contribution in [3.05, 3.63) is 72.3 Å². The first kappa shape index (κ1) is 15.0. The van der Waals surface area contributed by atoms with Crippen LogP contribution in [0.4, 0.5) is 5.69 Å². The second-order valence-electron chi connectivity index (χ2n) is 6.73. The Labute approximate surface area is 143 Å². The molecule has 122 valence electrons. The van der Waals surface area contributed by atoms with E-state index in [-0.39, 0.29) is 0 Å². The van der Waals surface area contributed by atoms with E-state index in [4.69, 9.17) is 0 Å². The highest BCUT2D eigenvalue weighted by molar-refractivity contribution is 5.70. The molecule has 1 aromatic heterocycles. The van der Waals surface area contributed by atoms with Crippen LogP contribution >= 0.6 is 0 Å². The molecule has 0 amide bonds. The van der Waals surface area contributed by atoms with Gasteiger partial charge >= 0.3 is 0 Å². The first-order valence-corrected chi connectivity index (χ1v) is 8.61. The Balaban J connectivity index is 1.77. The summed E-state index contributed by atoms with van der Waals surface area (Å²) in [7, 11) is 4.15. The second-order valence-corrected chi connectivity index (χ2v) is 6.73. The molecule has 1 unspecified atom stereocenters. The summed E-state index contributed by atoms with van der Waals surface area (Å²) in [6.07, 6.45) is 7.54. The fraction of sp³-hybridized carbons (Fsp3) is 0.286. The number of fused-ring (bicyclic) bond motifs is 1. The maximum Gasteiger partial charge on any atom is 0.0953 e. The molecule has 1 atom stereocenters. The Morgan fingerprint density at radius 1 is 1.04 bits per heavy atom. The summed E-state index contributed by atoms with van der Waals surface area (Å²) < 4.78 is 2.36. The van der Waals surface area contributed by atoms with Crippen LogP contribution in [0.1, 0.15) is 30.1 Å². The Morgan fingerprint density at radius 2 is 1.83 bits per heavy atom. The number of nitrogens with zero attached hydrogens (tertiary/aromatic N) is 3. The van der Waals surface area contributed by atoms with Gasteiger partial charge in [-0.15, -0.1) is 0 Å². The molecule has 4 rings (SSSR count). The number of imidazole rings is 1. The van der Waals surface area contributed by atoms with Crippen molar-refractivity contribution in [3.8, 4) is 11.1 Å². The third kappa shape index (κ3) is 2.60. The first-order valence-electron chi connectivity index (χ1n) is 8.61. The van der Waals surface area contributed by atoms with Gasteiger partial charge in [-0.1, -0.05) is 36.4 Å². The van der Waals surface area contributed by atoms with Crippen LogP contribution in [0, 0.1) is 0 Å². The molecule has 24 heavy (non-hydrogen) atoms.